The van der Waals surface area contributed by atoms with Crippen LogP contribution in [0.4, 0.5) is 0 Å². The standard InChI is InChI=1S/C24H32N6O2/c1-15-6-5-7-16(2)19(15)12-20(25)23(31)28-21(11-18-13-26-14-27-18)24-29-22(30-32-24)10-17-8-3-4-9-17/h5-7,13-14,17,20-21H,3-4,8-12,25H2,1-2H3,(H,26,27)(H,28,31)/t20-,21-/m0/s1. The Hall–Kier alpha value is -3.00. The van der Waals surface area contributed by atoms with Gasteiger partial charge in [-0.25, -0.2) is 4.98 Å². The maximum absolute atomic E-state index is 13.0. The zero-order valence-electron chi connectivity index (χ0n) is 18.8. The Labute approximate surface area is 188 Å². The maximum Gasteiger partial charge on any atom is 0.249 e. The molecule has 1 aliphatic carbocycles. The molecule has 0 saturated heterocycles. The molecule has 1 aromatic carbocycles. The van der Waals surface area contributed by atoms with E-state index in [1.807, 2.05) is 32.0 Å². The Bertz CT molecular complexity index is 1000. The first kappa shape index (κ1) is 22.2. The molecule has 1 fully saturated rings. The molecule has 2 heterocycles. The first-order valence-corrected chi connectivity index (χ1v) is 11.4. The van der Waals surface area contributed by atoms with Gasteiger partial charge in [-0.3, -0.25) is 4.79 Å². The summed E-state index contributed by atoms with van der Waals surface area (Å²) in [5.74, 6) is 1.48. The summed E-state index contributed by atoms with van der Waals surface area (Å²) in [5, 5.41) is 7.21. The van der Waals surface area contributed by atoms with E-state index in [2.05, 4.69) is 25.4 Å². The van der Waals surface area contributed by atoms with Gasteiger partial charge in [0.1, 0.15) is 6.04 Å². The topological polar surface area (TPSA) is 123 Å². The highest BCUT2D eigenvalue weighted by atomic mass is 16.5. The number of amides is 1. The number of aromatic amines is 1. The largest absolute Gasteiger partial charge is 0.348 e. The van der Waals surface area contributed by atoms with Gasteiger partial charge in [-0.1, -0.05) is 49.0 Å². The van der Waals surface area contributed by atoms with Gasteiger partial charge in [0.05, 0.1) is 12.4 Å². The smallest absolute Gasteiger partial charge is 0.249 e. The maximum atomic E-state index is 13.0. The Morgan fingerprint density at radius 1 is 1.25 bits per heavy atom. The van der Waals surface area contributed by atoms with Crippen LogP contribution >= 0.6 is 0 Å². The Balaban J connectivity index is 1.46. The van der Waals surface area contributed by atoms with Crippen LogP contribution in [0.2, 0.25) is 0 Å². The minimum atomic E-state index is -0.681. The summed E-state index contributed by atoms with van der Waals surface area (Å²) in [5.41, 5.74) is 10.5. The molecule has 2 atom stereocenters. The van der Waals surface area contributed by atoms with Crippen molar-refractivity contribution in [1.29, 1.82) is 0 Å². The molecule has 8 nitrogen and oxygen atoms in total. The van der Waals surface area contributed by atoms with E-state index in [9.17, 15) is 4.79 Å². The van der Waals surface area contributed by atoms with E-state index in [0.717, 1.165) is 28.8 Å². The van der Waals surface area contributed by atoms with Gasteiger partial charge >= 0.3 is 0 Å². The SMILES string of the molecule is Cc1cccc(C)c1C[C@H](N)C(=O)N[C@@H](Cc1cnc[nH]1)c1nc(CC2CCCC2)no1. The number of nitrogens with zero attached hydrogens (tertiary/aromatic N) is 3. The molecule has 0 bridgehead atoms. The number of aromatic nitrogens is 4. The molecule has 0 aliphatic heterocycles. The third-order valence-electron chi connectivity index (χ3n) is 6.43. The van der Waals surface area contributed by atoms with Crippen LogP contribution in [0.1, 0.15) is 65.8 Å². The van der Waals surface area contributed by atoms with Crippen LogP contribution in [-0.4, -0.2) is 32.1 Å². The molecule has 170 valence electrons. The lowest BCUT2D eigenvalue weighted by molar-refractivity contribution is -0.123. The Morgan fingerprint density at radius 2 is 2.00 bits per heavy atom. The van der Waals surface area contributed by atoms with E-state index >= 15 is 0 Å². The summed E-state index contributed by atoms with van der Waals surface area (Å²) in [6, 6.07) is 4.94. The number of imidazole rings is 1. The predicted octanol–water partition coefficient (Wildman–Crippen LogP) is 3.11. The highest BCUT2D eigenvalue weighted by Crippen LogP contribution is 2.27. The fourth-order valence-corrected chi connectivity index (χ4v) is 4.54. The number of rotatable bonds is 9. The number of hydrogen-bond acceptors (Lipinski definition) is 6. The van der Waals surface area contributed by atoms with Gasteiger partial charge in [0.25, 0.3) is 0 Å². The second kappa shape index (κ2) is 10.1. The lowest BCUT2D eigenvalue weighted by atomic mass is 9.96. The van der Waals surface area contributed by atoms with Crippen LogP contribution in [0, 0.1) is 19.8 Å². The van der Waals surface area contributed by atoms with Gasteiger partial charge in [0, 0.05) is 24.7 Å². The summed E-state index contributed by atoms with van der Waals surface area (Å²) in [4.78, 5) is 24.8. The molecule has 1 amide bonds. The molecule has 3 aromatic rings. The summed E-state index contributed by atoms with van der Waals surface area (Å²) in [6.45, 7) is 4.08. The Kier molecular flexibility index (Phi) is 6.99. The third-order valence-corrected chi connectivity index (χ3v) is 6.43. The van der Waals surface area contributed by atoms with Gasteiger partial charge in [-0.2, -0.15) is 4.98 Å². The van der Waals surface area contributed by atoms with Gasteiger partial charge in [-0.05, 0) is 42.9 Å². The normalized spacial score (nSPS) is 16.2. The number of carbonyl (C=O) groups is 1. The van der Waals surface area contributed by atoms with E-state index in [4.69, 9.17) is 10.3 Å². The molecule has 8 heteroatoms. The summed E-state index contributed by atoms with van der Waals surface area (Å²) in [6.07, 6.45) is 10.1. The molecule has 32 heavy (non-hydrogen) atoms. The number of aryl methyl sites for hydroxylation is 2. The second-order valence-electron chi connectivity index (χ2n) is 8.93. The van der Waals surface area contributed by atoms with Crippen molar-refractivity contribution in [2.75, 3.05) is 0 Å². The lowest BCUT2D eigenvalue weighted by Crippen LogP contribution is -2.44. The molecule has 1 saturated carbocycles. The minimum Gasteiger partial charge on any atom is -0.348 e. The predicted molar refractivity (Wildman–Crippen MR) is 121 cm³/mol. The molecule has 2 aromatic heterocycles. The fourth-order valence-electron chi connectivity index (χ4n) is 4.54. The highest BCUT2D eigenvalue weighted by molar-refractivity contribution is 5.82. The summed E-state index contributed by atoms with van der Waals surface area (Å²) >= 11 is 0. The van der Waals surface area contributed by atoms with Gasteiger partial charge in [-0.15, -0.1) is 0 Å². The van der Waals surface area contributed by atoms with E-state index in [0.29, 0.717) is 30.5 Å². The zero-order chi connectivity index (χ0) is 22.5. The number of carbonyl (C=O) groups excluding carboxylic acids is 1. The van der Waals surface area contributed by atoms with Crippen LogP contribution in [0.15, 0.2) is 35.2 Å². The quantitative estimate of drug-likeness (QED) is 0.474. The van der Waals surface area contributed by atoms with Crippen molar-refractivity contribution in [3.63, 3.8) is 0 Å². The third kappa shape index (κ3) is 5.43. The van der Waals surface area contributed by atoms with Gasteiger partial charge in [0.15, 0.2) is 5.82 Å². The van der Waals surface area contributed by atoms with E-state index in [-0.39, 0.29) is 5.91 Å². The molecule has 0 unspecified atom stereocenters. The summed E-state index contributed by atoms with van der Waals surface area (Å²) < 4.78 is 5.57. The second-order valence-corrected chi connectivity index (χ2v) is 8.93. The average Bonchev–Trinajstić information content (AvgIpc) is 3.54. The van der Waals surface area contributed by atoms with Gasteiger partial charge < -0.3 is 20.6 Å². The first-order chi connectivity index (χ1) is 15.5. The number of H-pyrrole nitrogens is 1. The summed E-state index contributed by atoms with van der Waals surface area (Å²) in [7, 11) is 0. The highest BCUT2D eigenvalue weighted by Gasteiger charge is 2.26. The average molecular weight is 437 g/mol. The van der Waals surface area contributed by atoms with Gasteiger partial charge in [0.2, 0.25) is 11.8 Å². The van der Waals surface area contributed by atoms with Crippen molar-refractivity contribution in [2.24, 2.45) is 11.7 Å². The molecule has 0 radical (unpaired) electrons. The Morgan fingerprint density at radius 3 is 2.69 bits per heavy atom. The van der Waals surface area contributed by atoms with Crippen molar-refractivity contribution in [3.8, 4) is 0 Å². The van der Waals surface area contributed by atoms with Crippen molar-refractivity contribution < 1.29 is 9.32 Å². The van der Waals surface area contributed by atoms with Crippen LogP contribution in [0.25, 0.3) is 0 Å². The first-order valence-electron chi connectivity index (χ1n) is 11.4. The van der Waals surface area contributed by atoms with Crippen molar-refractivity contribution in [3.05, 3.63) is 64.8 Å². The number of nitrogens with two attached hydrogens (primary N) is 1. The number of nitrogens with one attached hydrogen (secondary N) is 2. The van der Waals surface area contributed by atoms with Crippen molar-refractivity contribution in [2.45, 2.75) is 70.9 Å². The van der Waals surface area contributed by atoms with Crippen LogP contribution < -0.4 is 11.1 Å². The van der Waals surface area contributed by atoms with E-state index in [1.54, 1.807) is 12.5 Å². The van der Waals surface area contributed by atoms with E-state index in [1.165, 1.54) is 25.7 Å². The fraction of sp³-hybridized carbons (Fsp3) is 0.500. The monoisotopic (exact) mass is 436 g/mol. The van der Waals surface area contributed by atoms with E-state index < -0.39 is 12.1 Å². The number of hydrogen-bond donors (Lipinski definition) is 3. The van der Waals surface area contributed by atoms with Crippen molar-refractivity contribution in [1.82, 2.24) is 25.4 Å². The minimum absolute atomic E-state index is 0.243. The molecular formula is C24H32N6O2. The lowest BCUT2D eigenvalue weighted by Gasteiger charge is -2.19. The van der Waals surface area contributed by atoms with Crippen LogP contribution in [0.3, 0.4) is 0 Å². The molecule has 0 spiro atoms. The van der Waals surface area contributed by atoms with Crippen LogP contribution in [0.5, 0.6) is 0 Å². The van der Waals surface area contributed by atoms with Crippen molar-refractivity contribution >= 4 is 5.91 Å². The van der Waals surface area contributed by atoms with Crippen LogP contribution in [-0.2, 0) is 24.1 Å². The molecular weight excluding hydrogens is 404 g/mol. The number of benzene rings is 1. The zero-order valence-corrected chi connectivity index (χ0v) is 18.8. The molecule has 4 N–H and O–H groups in total. The molecule has 1 aliphatic rings. The molecule has 4 rings (SSSR count).